The second kappa shape index (κ2) is 4.78. The molecule has 0 aliphatic heterocycles. The summed E-state index contributed by atoms with van der Waals surface area (Å²) < 4.78 is 1.34. The predicted octanol–water partition coefficient (Wildman–Crippen LogP) is 4.22. The fourth-order valence-electron chi connectivity index (χ4n) is 2.01. The molecule has 3 heteroatoms. The zero-order valence-electron chi connectivity index (χ0n) is 10.2. The molecular formula is C15H14N2S. The highest BCUT2D eigenvalue weighted by atomic mass is 32.1. The van der Waals surface area contributed by atoms with Crippen LogP contribution in [-0.2, 0) is 6.54 Å². The SMILES string of the molecule is Cc1ccncc1NCc1csc2ccccc12. The van der Waals surface area contributed by atoms with E-state index in [1.165, 1.54) is 21.2 Å². The van der Waals surface area contributed by atoms with E-state index in [2.05, 4.69) is 46.9 Å². The highest BCUT2D eigenvalue weighted by Crippen LogP contribution is 2.26. The molecule has 0 saturated carbocycles. The molecule has 0 spiro atoms. The average molecular weight is 254 g/mol. The Labute approximate surface area is 110 Å². The Balaban J connectivity index is 1.83. The molecule has 0 amide bonds. The molecule has 0 atom stereocenters. The molecule has 1 aromatic carbocycles. The fourth-order valence-corrected chi connectivity index (χ4v) is 2.97. The van der Waals surface area contributed by atoms with Crippen LogP contribution in [0.2, 0.25) is 0 Å². The first-order valence-corrected chi connectivity index (χ1v) is 6.82. The van der Waals surface area contributed by atoms with Crippen molar-refractivity contribution < 1.29 is 0 Å². The van der Waals surface area contributed by atoms with Crippen molar-refractivity contribution in [3.05, 3.63) is 59.2 Å². The summed E-state index contributed by atoms with van der Waals surface area (Å²) in [5.41, 5.74) is 3.68. The first kappa shape index (κ1) is 11.2. The van der Waals surface area contributed by atoms with E-state index in [-0.39, 0.29) is 0 Å². The molecule has 2 nitrogen and oxygen atoms in total. The van der Waals surface area contributed by atoms with Gasteiger partial charge in [0.15, 0.2) is 0 Å². The van der Waals surface area contributed by atoms with Gasteiger partial charge in [-0.25, -0.2) is 0 Å². The Morgan fingerprint density at radius 1 is 1.22 bits per heavy atom. The number of thiophene rings is 1. The second-order valence-electron chi connectivity index (χ2n) is 4.30. The van der Waals surface area contributed by atoms with Gasteiger partial charge in [-0.2, -0.15) is 0 Å². The number of benzene rings is 1. The van der Waals surface area contributed by atoms with Gasteiger partial charge in [0.25, 0.3) is 0 Å². The molecule has 0 saturated heterocycles. The molecule has 0 fully saturated rings. The minimum Gasteiger partial charge on any atom is -0.379 e. The van der Waals surface area contributed by atoms with E-state index in [0.29, 0.717) is 0 Å². The molecule has 3 aromatic rings. The summed E-state index contributed by atoms with van der Waals surface area (Å²) in [6, 6.07) is 10.5. The second-order valence-corrected chi connectivity index (χ2v) is 5.21. The number of aromatic nitrogens is 1. The van der Waals surface area contributed by atoms with Gasteiger partial charge in [-0.3, -0.25) is 4.98 Å². The Kier molecular flexibility index (Phi) is 2.99. The van der Waals surface area contributed by atoms with Crippen LogP contribution in [0, 0.1) is 6.92 Å². The predicted molar refractivity (Wildman–Crippen MR) is 78.1 cm³/mol. The lowest BCUT2D eigenvalue weighted by molar-refractivity contribution is 1.15. The van der Waals surface area contributed by atoms with Crippen LogP contribution in [0.4, 0.5) is 5.69 Å². The summed E-state index contributed by atoms with van der Waals surface area (Å²) in [7, 11) is 0. The highest BCUT2D eigenvalue weighted by Gasteiger charge is 2.03. The third kappa shape index (κ3) is 2.09. The molecule has 18 heavy (non-hydrogen) atoms. The number of hydrogen-bond donors (Lipinski definition) is 1. The van der Waals surface area contributed by atoms with Crippen LogP contribution in [0.15, 0.2) is 48.1 Å². The maximum atomic E-state index is 4.15. The minimum atomic E-state index is 0.844. The van der Waals surface area contributed by atoms with Crippen molar-refractivity contribution in [2.75, 3.05) is 5.32 Å². The third-order valence-corrected chi connectivity index (χ3v) is 4.08. The maximum Gasteiger partial charge on any atom is 0.0559 e. The molecule has 2 heterocycles. The standard InChI is InChI=1S/C15H14N2S/c1-11-6-7-16-9-14(11)17-8-12-10-18-15-5-3-2-4-13(12)15/h2-7,9-10,17H,8H2,1H3. The molecule has 0 aliphatic carbocycles. The van der Waals surface area contributed by atoms with E-state index in [1.54, 1.807) is 11.3 Å². The van der Waals surface area contributed by atoms with Crippen LogP contribution in [0.5, 0.6) is 0 Å². The van der Waals surface area contributed by atoms with Gasteiger partial charge in [-0.05, 0) is 40.9 Å². The van der Waals surface area contributed by atoms with Crippen molar-refractivity contribution in [1.82, 2.24) is 4.98 Å². The highest BCUT2D eigenvalue weighted by molar-refractivity contribution is 7.17. The Bertz CT molecular complexity index is 673. The topological polar surface area (TPSA) is 24.9 Å². The zero-order valence-corrected chi connectivity index (χ0v) is 11.0. The van der Waals surface area contributed by atoms with Gasteiger partial charge < -0.3 is 5.32 Å². The van der Waals surface area contributed by atoms with Gasteiger partial charge in [-0.15, -0.1) is 11.3 Å². The van der Waals surface area contributed by atoms with Crippen LogP contribution in [0.25, 0.3) is 10.1 Å². The molecule has 0 unspecified atom stereocenters. The van der Waals surface area contributed by atoms with E-state index >= 15 is 0 Å². The average Bonchev–Trinajstić information content (AvgIpc) is 2.81. The first-order valence-electron chi connectivity index (χ1n) is 5.94. The molecule has 3 rings (SSSR count). The number of nitrogens with zero attached hydrogens (tertiary/aromatic N) is 1. The largest absolute Gasteiger partial charge is 0.379 e. The smallest absolute Gasteiger partial charge is 0.0559 e. The number of hydrogen-bond acceptors (Lipinski definition) is 3. The molecule has 1 N–H and O–H groups in total. The summed E-state index contributed by atoms with van der Waals surface area (Å²) in [5, 5.41) is 7.02. The molecular weight excluding hydrogens is 240 g/mol. The third-order valence-electron chi connectivity index (χ3n) is 3.07. The number of anilines is 1. The van der Waals surface area contributed by atoms with E-state index in [0.717, 1.165) is 12.2 Å². The van der Waals surface area contributed by atoms with Gasteiger partial charge in [0, 0.05) is 17.4 Å². The van der Waals surface area contributed by atoms with Gasteiger partial charge in [-0.1, -0.05) is 18.2 Å². The van der Waals surface area contributed by atoms with Gasteiger partial charge >= 0.3 is 0 Å². The normalized spacial score (nSPS) is 10.7. The zero-order chi connectivity index (χ0) is 12.4. The first-order chi connectivity index (χ1) is 8.84. The molecule has 0 radical (unpaired) electrons. The van der Waals surface area contributed by atoms with Crippen molar-refractivity contribution in [2.45, 2.75) is 13.5 Å². The molecule has 0 bridgehead atoms. The molecule has 90 valence electrons. The Hall–Kier alpha value is -1.87. The summed E-state index contributed by atoms with van der Waals surface area (Å²) >= 11 is 1.80. The van der Waals surface area contributed by atoms with Crippen molar-refractivity contribution >= 4 is 27.1 Å². The lowest BCUT2D eigenvalue weighted by Gasteiger charge is -2.07. The molecule has 0 aliphatic rings. The number of nitrogens with one attached hydrogen (secondary N) is 1. The van der Waals surface area contributed by atoms with Crippen LogP contribution < -0.4 is 5.32 Å². The summed E-state index contributed by atoms with van der Waals surface area (Å²) in [6.07, 6.45) is 3.70. The summed E-state index contributed by atoms with van der Waals surface area (Å²) in [4.78, 5) is 4.15. The Morgan fingerprint density at radius 3 is 3.00 bits per heavy atom. The van der Waals surface area contributed by atoms with Crippen molar-refractivity contribution in [2.24, 2.45) is 0 Å². The van der Waals surface area contributed by atoms with Crippen molar-refractivity contribution in [3.8, 4) is 0 Å². The van der Waals surface area contributed by atoms with E-state index in [4.69, 9.17) is 0 Å². The number of fused-ring (bicyclic) bond motifs is 1. The van der Waals surface area contributed by atoms with Crippen LogP contribution in [0.3, 0.4) is 0 Å². The monoisotopic (exact) mass is 254 g/mol. The summed E-state index contributed by atoms with van der Waals surface area (Å²) in [6.45, 7) is 2.94. The number of aryl methyl sites for hydroxylation is 1. The van der Waals surface area contributed by atoms with Gasteiger partial charge in [0.2, 0.25) is 0 Å². The number of rotatable bonds is 3. The van der Waals surface area contributed by atoms with E-state index < -0.39 is 0 Å². The fraction of sp³-hybridized carbons (Fsp3) is 0.133. The minimum absolute atomic E-state index is 0.844. The van der Waals surface area contributed by atoms with E-state index in [9.17, 15) is 0 Å². The van der Waals surface area contributed by atoms with Gasteiger partial charge in [0.05, 0.1) is 11.9 Å². The van der Waals surface area contributed by atoms with Crippen molar-refractivity contribution in [1.29, 1.82) is 0 Å². The summed E-state index contributed by atoms with van der Waals surface area (Å²) in [5.74, 6) is 0. The number of pyridine rings is 1. The maximum absolute atomic E-state index is 4.15. The van der Waals surface area contributed by atoms with Crippen molar-refractivity contribution in [3.63, 3.8) is 0 Å². The molecule has 2 aromatic heterocycles. The quantitative estimate of drug-likeness (QED) is 0.757. The Morgan fingerprint density at radius 2 is 2.11 bits per heavy atom. The van der Waals surface area contributed by atoms with Crippen LogP contribution in [0.1, 0.15) is 11.1 Å². The van der Waals surface area contributed by atoms with Crippen LogP contribution >= 0.6 is 11.3 Å². The lowest BCUT2D eigenvalue weighted by Crippen LogP contribution is -2.00. The van der Waals surface area contributed by atoms with E-state index in [1.807, 2.05) is 18.5 Å². The lowest BCUT2D eigenvalue weighted by atomic mass is 10.1. The van der Waals surface area contributed by atoms with Gasteiger partial charge in [0.1, 0.15) is 0 Å². The van der Waals surface area contributed by atoms with Crippen LogP contribution in [-0.4, -0.2) is 4.98 Å².